The second-order valence-electron chi connectivity index (χ2n) is 7.67. The van der Waals surface area contributed by atoms with Crippen LogP contribution >= 0.6 is 0 Å². The Morgan fingerprint density at radius 3 is 2.10 bits per heavy atom. The second-order valence-corrected chi connectivity index (χ2v) is 7.67. The lowest BCUT2D eigenvalue weighted by molar-refractivity contribution is 0.249. The maximum Gasteiger partial charge on any atom is 0.159 e. The van der Waals surface area contributed by atoms with Gasteiger partial charge >= 0.3 is 0 Å². The molecule has 0 N–H and O–H groups in total. The summed E-state index contributed by atoms with van der Waals surface area (Å²) in [5.41, 5.74) is 3.01. The van der Waals surface area contributed by atoms with Crippen molar-refractivity contribution in [2.45, 2.75) is 6.54 Å². The molecule has 30 heavy (non-hydrogen) atoms. The molecule has 4 aromatic rings. The minimum atomic E-state index is -0.249. The first-order valence-corrected chi connectivity index (χ1v) is 10.3. The molecule has 0 saturated carbocycles. The van der Waals surface area contributed by atoms with Gasteiger partial charge < -0.3 is 4.90 Å². The van der Waals surface area contributed by atoms with Gasteiger partial charge in [-0.15, -0.1) is 10.2 Å². The van der Waals surface area contributed by atoms with E-state index in [9.17, 15) is 4.39 Å². The van der Waals surface area contributed by atoms with Gasteiger partial charge in [0.2, 0.25) is 0 Å². The molecule has 0 atom stereocenters. The van der Waals surface area contributed by atoms with E-state index < -0.39 is 0 Å². The molecule has 0 amide bonds. The molecule has 0 spiro atoms. The van der Waals surface area contributed by atoms with Crippen molar-refractivity contribution in [2.75, 3.05) is 31.1 Å². The molecule has 2 heterocycles. The van der Waals surface area contributed by atoms with E-state index in [0.717, 1.165) is 60.6 Å². The van der Waals surface area contributed by atoms with E-state index in [2.05, 4.69) is 62.5 Å². The first-order valence-electron chi connectivity index (χ1n) is 10.3. The number of hydrogen-bond donors (Lipinski definition) is 0. The van der Waals surface area contributed by atoms with Crippen LogP contribution in [0.15, 0.2) is 78.9 Å². The van der Waals surface area contributed by atoms with Gasteiger partial charge in [0.15, 0.2) is 5.82 Å². The fraction of sp³-hybridized carbons (Fsp3) is 0.200. The number of aromatic nitrogens is 2. The van der Waals surface area contributed by atoms with Gasteiger partial charge in [0.1, 0.15) is 11.5 Å². The van der Waals surface area contributed by atoms with Crippen LogP contribution in [0.3, 0.4) is 0 Å². The number of anilines is 1. The molecule has 150 valence electrons. The van der Waals surface area contributed by atoms with Crippen molar-refractivity contribution < 1.29 is 4.39 Å². The Labute approximate surface area is 175 Å². The molecule has 0 bridgehead atoms. The maximum absolute atomic E-state index is 13.3. The Morgan fingerprint density at radius 2 is 1.37 bits per heavy atom. The predicted octanol–water partition coefficient (Wildman–Crippen LogP) is 4.76. The fourth-order valence-electron chi connectivity index (χ4n) is 4.10. The summed E-state index contributed by atoms with van der Waals surface area (Å²) in [6.45, 7) is 4.79. The smallest absolute Gasteiger partial charge is 0.159 e. The number of halogens is 1. The fourth-order valence-corrected chi connectivity index (χ4v) is 4.10. The van der Waals surface area contributed by atoms with Crippen LogP contribution in [0.4, 0.5) is 10.2 Å². The molecular formula is C25H23FN4. The first-order chi connectivity index (χ1) is 14.8. The van der Waals surface area contributed by atoms with Crippen molar-refractivity contribution in [1.82, 2.24) is 15.1 Å². The third-order valence-electron chi connectivity index (χ3n) is 5.71. The zero-order valence-corrected chi connectivity index (χ0v) is 16.7. The van der Waals surface area contributed by atoms with Gasteiger partial charge in [-0.3, -0.25) is 4.90 Å². The van der Waals surface area contributed by atoms with Gasteiger partial charge in [0.25, 0.3) is 0 Å². The van der Waals surface area contributed by atoms with E-state index in [1.165, 1.54) is 17.7 Å². The summed E-state index contributed by atoms with van der Waals surface area (Å²) in [5, 5.41) is 11.3. The summed E-state index contributed by atoms with van der Waals surface area (Å²) in [6.07, 6.45) is 0. The number of nitrogens with zero attached hydrogens (tertiary/aromatic N) is 4. The maximum atomic E-state index is 13.3. The van der Waals surface area contributed by atoms with Crippen molar-refractivity contribution in [2.24, 2.45) is 0 Å². The Kier molecular flexibility index (Phi) is 5.11. The number of hydrogen-bond acceptors (Lipinski definition) is 4. The molecule has 0 aliphatic carbocycles. The van der Waals surface area contributed by atoms with E-state index in [4.69, 9.17) is 0 Å². The van der Waals surface area contributed by atoms with Crippen LogP contribution in [0.25, 0.3) is 22.0 Å². The highest BCUT2D eigenvalue weighted by Gasteiger charge is 2.21. The monoisotopic (exact) mass is 398 g/mol. The average Bonchev–Trinajstić information content (AvgIpc) is 2.80. The molecule has 0 unspecified atom stereocenters. The van der Waals surface area contributed by atoms with Crippen LogP contribution < -0.4 is 4.90 Å². The van der Waals surface area contributed by atoms with E-state index in [0.29, 0.717) is 0 Å². The molecule has 5 heteroatoms. The SMILES string of the molecule is Fc1ccc(-c2nnc(N3CCN(Cc4ccccc4)CC3)c3ccccc23)cc1. The quantitative estimate of drug-likeness (QED) is 0.496. The van der Waals surface area contributed by atoms with Gasteiger partial charge in [-0.2, -0.15) is 0 Å². The Hall–Kier alpha value is -3.31. The lowest BCUT2D eigenvalue weighted by atomic mass is 10.0. The number of rotatable bonds is 4. The topological polar surface area (TPSA) is 32.3 Å². The average molecular weight is 398 g/mol. The summed E-state index contributed by atoms with van der Waals surface area (Å²) in [7, 11) is 0. The summed E-state index contributed by atoms with van der Waals surface area (Å²) < 4.78 is 13.3. The van der Waals surface area contributed by atoms with Gasteiger partial charge in [-0.1, -0.05) is 54.6 Å². The van der Waals surface area contributed by atoms with Crippen LogP contribution in [0.2, 0.25) is 0 Å². The van der Waals surface area contributed by atoms with Crippen LogP contribution in [-0.4, -0.2) is 41.3 Å². The van der Waals surface area contributed by atoms with Crippen molar-refractivity contribution in [3.63, 3.8) is 0 Å². The van der Waals surface area contributed by atoms with Crippen molar-refractivity contribution in [3.05, 3.63) is 90.2 Å². The standard InChI is InChI=1S/C25H23FN4/c26-21-12-10-20(11-13-21)24-22-8-4-5-9-23(22)25(28-27-24)30-16-14-29(15-17-30)18-19-6-2-1-3-7-19/h1-13H,14-18H2. The van der Waals surface area contributed by atoms with Crippen LogP contribution in [-0.2, 0) is 6.54 Å². The summed E-state index contributed by atoms with van der Waals surface area (Å²) >= 11 is 0. The van der Waals surface area contributed by atoms with Crippen molar-refractivity contribution in [1.29, 1.82) is 0 Å². The third kappa shape index (κ3) is 3.76. The van der Waals surface area contributed by atoms with Gasteiger partial charge in [0, 0.05) is 49.1 Å². The Morgan fingerprint density at radius 1 is 0.700 bits per heavy atom. The molecule has 1 saturated heterocycles. The first kappa shape index (κ1) is 18.7. The molecule has 1 fully saturated rings. The Bertz CT molecular complexity index is 1140. The molecule has 1 aliphatic rings. The van der Waals surface area contributed by atoms with Crippen LogP contribution in [0.5, 0.6) is 0 Å². The van der Waals surface area contributed by atoms with Gasteiger partial charge in [-0.25, -0.2) is 4.39 Å². The minimum Gasteiger partial charge on any atom is -0.352 e. The molecule has 0 radical (unpaired) electrons. The molecule has 1 aliphatic heterocycles. The van der Waals surface area contributed by atoms with Crippen LogP contribution in [0, 0.1) is 5.82 Å². The Balaban J connectivity index is 1.39. The van der Waals surface area contributed by atoms with Crippen LogP contribution in [0.1, 0.15) is 5.56 Å². The molecule has 3 aromatic carbocycles. The molecule has 5 rings (SSSR count). The highest BCUT2D eigenvalue weighted by Crippen LogP contribution is 2.31. The molecule has 4 nitrogen and oxygen atoms in total. The minimum absolute atomic E-state index is 0.249. The van der Waals surface area contributed by atoms with E-state index in [1.807, 2.05) is 12.1 Å². The highest BCUT2D eigenvalue weighted by molar-refractivity contribution is 6.00. The zero-order valence-electron chi connectivity index (χ0n) is 16.7. The predicted molar refractivity (Wildman–Crippen MR) is 119 cm³/mol. The number of fused-ring (bicyclic) bond motifs is 1. The van der Waals surface area contributed by atoms with E-state index >= 15 is 0 Å². The number of piperazine rings is 1. The lowest BCUT2D eigenvalue weighted by Gasteiger charge is -2.35. The largest absolute Gasteiger partial charge is 0.352 e. The zero-order chi connectivity index (χ0) is 20.3. The second kappa shape index (κ2) is 8.20. The molecular weight excluding hydrogens is 375 g/mol. The number of benzene rings is 3. The normalized spacial score (nSPS) is 14.9. The summed E-state index contributed by atoms with van der Waals surface area (Å²) in [6, 6.07) is 25.3. The van der Waals surface area contributed by atoms with Crippen molar-refractivity contribution in [3.8, 4) is 11.3 Å². The van der Waals surface area contributed by atoms with Gasteiger partial charge in [-0.05, 0) is 29.8 Å². The van der Waals surface area contributed by atoms with Gasteiger partial charge in [0.05, 0.1) is 0 Å². The van der Waals surface area contributed by atoms with E-state index in [-0.39, 0.29) is 5.82 Å². The summed E-state index contributed by atoms with van der Waals surface area (Å²) in [4.78, 5) is 4.81. The third-order valence-corrected chi connectivity index (χ3v) is 5.71. The highest BCUT2D eigenvalue weighted by atomic mass is 19.1. The molecule has 1 aromatic heterocycles. The van der Waals surface area contributed by atoms with Crippen molar-refractivity contribution >= 4 is 16.6 Å². The lowest BCUT2D eigenvalue weighted by Crippen LogP contribution is -2.46. The summed E-state index contributed by atoms with van der Waals surface area (Å²) in [5.74, 6) is 0.678. The van der Waals surface area contributed by atoms with E-state index in [1.54, 1.807) is 12.1 Å².